The van der Waals surface area contributed by atoms with Gasteiger partial charge in [-0.15, -0.1) is 11.6 Å². The van der Waals surface area contributed by atoms with Gasteiger partial charge < -0.3 is 5.32 Å². The lowest BCUT2D eigenvalue weighted by atomic mass is 10.2. The number of rotatable bonds is 2. The summed E-state index contributed by atoms with van der Waals surface area (Å²) in [5.41, 5.74) is 1.53. The van der Waals surface area contributed by atoms with Gasteiger partial charge in [-0.25, -0.2) is 4.79 Å². The minimum atomic E-state index is -0.591. The van der Waals surface area contributed by atoms with E-state index in [0.29, 0.717) is 5.69 Å². The molecule has 0 aromatic heterocycles. The summed E-state index contributed by atoms with van der Waals surface area (Å²) in [4.78, 5) is 22.2. The Morgan fingerprint density at radius 1 is 1.44 bits per heavy atom. The van der Waals surface area contributed by atoms with Gasteiger partial charge in [-0.05, 0) is 24.6 Å². The Kier molecular flexibility index (Phi) is 4.76. The third-order valence-corrected chi connectivity index (χ3v) is 2.56. The maximum atomic E-state index is 11.3. The Bertz CT molecular complexity index is 423. The molecule has 0 heterocycles. The molecule has 2 N–H and O–H groups in total. The van der Waals surface area contributed by atoms with Crippen LogP contribution in [0.4, 0.5) is 10.5 Å². The second kappa shape index (κ2) is 5.86. The number of anilines is 1. The van der Waals surface area contributed by atoms with Gasteiger partial charge in [-0.1, -0.05) is 22.0 Å². The Labute approximate surface area is 106 Å². The van der Waals surface area contributed by atoms with Gasteiger partial charge in [0.05, 0.1) is 0 Å². The van der Waals surface area contributed by atoms with E-state index < -0.39 is 11.9 Å². The van der Waals surface area contributed by atoms with Crippen LogP contribution >= 0.6 is 27.5 Å². The molecule has 0 fully saturated rings. The highest BCUT2D eigenvalue weighted by Crippen LogP contribution is 2.20. The van der Waals surface area contributed by atoms with Gasteiger partial charge in [-0.2, -0.15) is 0 Å². The minimum absolute atomic E-state index is 0.245. The van der Waals surface area contributed by atoms with Crippen molar-refractivity contribution in [1.82, 2.24) is 5.32 Å². The van der Waals surface area contributed by atoms with Crippen LogP contribution in [0.5, 0.6) is 0 Å². The summed E-state index contributed by atoms with van der Waals surface area (Å²) < 4.78 is 0.845. The van der Waals surface area contributed by atoms with E-state index in [1.54, 1.807) is 6.07 Å². The molecule has 0 atom stereocenters. The molecule has 86 valence electrons. The van der Waals surface area contributed by atoms with Crippen molar-refractivity contribution in [2.75, 3.05) is 11.2 Å². The molecule has 0 aliphatic carbocycles. The lowest BCUT2D eigenvalue weighted by Gasteiger charge is -2.08. The molecular weight excluding hydrogens is 295 g/mol. The molecule has 0 radical (unpaired) electrons. The van der Waals surface area contributed by atoms with Crippen LogP contribution in [-0.2, 0) is 4.79 Å². The van der Waals surface area contributed by atoms with Crippen molar-refractivity contribution in [2.24, 2.45) is 0 Å². The number of hydrogen-bond donors (Lipinski definition) is 2. The second-order valence-electron chi connectivity index (χ2n) is 3.10. The molecule has 1 aromatic rings. The van der Waals surface area contributed by atoms with E-state index >= 15 is 0 Å². The molecule has 0 saturated carbocycles. The highest BCUT2D eigenvalue weighted by molar-refractivity contribution is 9.10. The number of nitrogens with one attached hydrogen (secondary N) is 2. The highest BCUT2D eigenvalue weighted by atomic mass is 79.9. The molecule has 16 heavy (non-hydrogen) atoms. The molecule has 0 aliphatic heterocycles. The maximum Gasteiger partial charge on any atom is 0.325 e. The van der Waals surface area contributed by atoms with Crippen LogP contribution in [-0.4, -0.2) is 17.8 Å². The fraction of sp³-hybridized carbons (Fsp3) is 0.200. The lowest BCUT2D eigenvalue weighted by molar-refractivity contribution is -0.117. The Morgan fingerprint density at radius 2 is 2.12 bits per heavy atom. The third-order valence-electron chi connectivity index (χ3n) is 1.82. The molecule has 0 unspecified atom stereocenters. The fourth-order valence-electron chi connectivity index (χ4n) is 1.04. The van der Waals surface area contributed by atoms with E-state index in [9.17, 15) is 9.59 Å². The quantitative estimate of drug-likeness (QED) is 0.825. The van der Waals surface area contributed by atoms with Gasteiger partial charge >= 0.3 is 6.03 Å². The number of carbonyl (C=O) groups is 2. The summed E-state index contributed by atoms with van der Waals surface area (Å²) in [5.74, 6) is -0.781. The number of benzene rings is 1. The first kappa shape index (κ1) is 13.0. The molecule has 0 bridgehead atoms. The predicted octanol–water partition coefficient (Wildman–Crippen LogP) is 2.64. The normalized spacial score (nSPS) is 9.69. The highest BCUT2D eigenvalue weighted by Gasteiger charge is 2.08. The first-order valence-corrected chi connectivity index (χ1v) is 5.78. The van der Waals surface area contributed by atoms with E-state index in [1.165, 1.54) is 0 Å². The fourth-order valence-corrected chi connectivity index (χ4v) is 1.47. The number of aryl methyl sites for hydroxylation is 1. The van der Waals surface area contributed by atoms with Crippen molar-refractivity contribution in [1.29, 1.82) is 0 Å². The Balaban J connectivity index is 2.69. The van der Waals surface area contributed by atoms with E-state index in [1.807, 2.05) is 19.1 Å². The van der Waals surface area contributed by atoms with Crippen LogP contribution in [0, 0.1) is 6.92 Å². The molecular formula is C10H10BrClN2O2. The van der Waals surface area contributed by atoms with Crippen molar-refractivity contribution in [2.45, 2.75) is 6.92 Å². The van der Waals surface area contributed by atoms with Crippen molar-refractivity contribution >= 4 is 45.2 Å². The summed E-state index contributed by atoms with van der Waals surface area (Å²) in [7, 11) is 0. The molecule has 0 spiro atoms. The summed E-state index contributed by atoms with van der Waals surface area (Å²) in [6, 6.07) is 4.87. The van der Waals surface area contributed by atoms with Crippen LogP contribution in [0.2, 0.25) is 0 Å². The monoisotopic (exact) mass is 304 g/mol. The van der Waals surface area contributed by atoms with Gasteiger partial charge in [0.15, 0.2) is 0 Å². The molecule has 0 aliphatic rings. The number of halogens is 2. The lowest BCUT2D eigenvalue weighted by Crippen LogP contribution is -2.35. The molecule has 4 nitrogen and oxygen atoms in total. The topological polar surface area (TPSA) is 58.2 Å². The average Bonchev–Trinajstić information content (AvgIpc) is 2.23. The third kappa shape index (κ3) is 3.83. The smallest absolute Gasteiger partial charge is 0.307 e. The van der Waals surface area contributed by atoms with E-state index in [4.69, 9.17) is 11.6 Å². The predicted molar refractivity (Wildman–Crippen MR) is 66.8 cm³/mol. The standard InChI is InChI=1S/C10H10BrClN2O2/c1-6-2-3-7(11)4-8(6)13-10(16)14-9(15)5-12/h2-4H,5H2,1H3,(H2,13,14,15,16). The van der Waals surface area contributed by atoms with E-state index in [2.05, 4.69) is 26.6 Å². The van der Waals surface area contributed by atoms with Crippen LogP contribution in [0.1, 0.15) is 5.56 Å². The zero-order chi connectivity index (χ0) is 12.1. The van der Waals surface area contributed by atoms with Crippen LogP contribution < -0.4 is 10.6 Å². The maximum absolute atomic E-state index is 11.3. The molecule has 1 rings (SSSR count). The van der Waals surface area contributed by atoms with Gasteiger partial charge in [0.25, 0.3) is 0 Å². The van der Waals surface area contributed by atoms with Gasteiger partial charge in [0.1, 0.15) is 5.88 Å². The SMILES string of the molecule is Cc1ccc(Br)cc1NC(=O)NC(=O)CCl. The Morgan fingerprint density at radius 3 is 2.75 bits per heavy atom. The molecule has 1 aromatic carbocycles. The van der Waals surface area contributed by atoms with E-state index in [0.717, 1.165) is 10.0 Å². The van der Waals surface area contributed by atoms with Crippen LogP contribution in [0.25, 0.3) is 0 Å². The van der Waals surface area contributed by atoms with Crippen molar-refractivity contribution in [3.8, 4) is 0 Å². The van der Waals surface area contributed by atoms with Crippen LogP contribution in [0.3, 0.4) is 0 Å². The average molecular weight is 306 g/mol. The number of amides is 3. The van der Waals surface area contributed by atoms with Crippen molar-refractivity contribution < 1.29 is 9.59 Å². The number of urea groups is 1. The van der Waals surface area contributed by atoms with Crippen LogP contribution in [0.15, 0.2) is 22.7 Å². The molecule has 3 amide bonds. The summed E-state index contributed by atoms with van der Waals surface area (Å²) in [6.45, 7) is 1.85. The number of alkyl halides is 1. The number of hydrogen-bond acceptors (Lipinski definition) is 2. The number of carbonyl (C=O) groups excluding carboxylic acids is 2. The molecule has 6 heteroatoms. The summed E-state index contributed by atoms with van der Waals surface area (Å²) in [5, 5.41) is 4.65. The zero-order valence-corrected chi connectivity index (χ0v) is 10.9. The number of imide groups is 1. The first-order valence-electron chi connectivity index (χ1n) is 4.46. The Hall–Kier alpha value is -1.07. The van der Waals surface area contributed by atoms with Gasteiger partial charge in [-0.3, -0.25) is 10.1 Å². The summed E-state index contributed by atoms with van der Waals surface area (Å²) in [6.07, 6.45) is 0. The zero-order valence-electron chi connectivity index (χ0n) is 8.51. The largest absolute Gasteiger partial charge is 0.325 e. The second-order valence-corrected chi connectivity index (χ2v) is 4.28. The minimum Gasteiger partial charge on any atom is -0.307 e. The first-order chi connectivity index (χ1) is 7.52. The van der Waals surface area contributed by atoms with Crippen molar-refractivity contribution in [3.05, 3.63) is 28.2 Å². The van der Waals surface area contributed by atoms with Gasteiger partial charge in [0, 0.05) is 10.2 Å². The summed E-state index contributed by atoms with van der Waals surface area (Å²) >= 11 is 8.55. The van der Waals surface area contributed by atoms with Crippen molar-refractivity contribution in [3.63, 3.8) is 0 Å². The van der Waals surface area contributed by atoms with E-state index in [-0.39, 0.29) is 5.88 Å². The molecule has 0 saturated heterocycles. The van der Waals surface area contributed by atoms with Gasteiger partial charge in [0.2, 0.25) is 5.91 Å².